The molecule has 2 aliphatic heterocycles. The number of nitrogens with one attached hydrogen (secondary N) is 1. The number of hydrogen-bond donors (Lipinski definition) is 1. The largest absolute Gasteiger partial charge is 0.454 e. The van der Waals surface area contributed by atoms with Crippen LogP contribution in [-0.2, 0) is 0 Å². The van der Waals surface area contributed by atoms with E-state index in [4.69, 9.17) is 21.7 Å². The van der Waals surface area contributed by atoms with E-state index >= 15 is 0 Å². The summed E-state index contributed by atoms with van der Waals surface area (Å²) >= 11 is 7.19. The van der Waals surface area contributed by atoms with Gasteiger partial charge < -0.3 is 19.7 Å². The Balaban J connectivity index is 1.59. The number of thiocarbonyl (C=S) groups is 1. The second-order valence-corrected chi connectivity index (χ2v) is 6.86. The van der Waals surface area contributed by atoms with Crippen LogP contribution in [0.1, 0.15) is 6.92 Å². The smallest absolute Gasteiger partial charge is 0.231 e. The maximum absolute atomic E-state index is 5.50. The van der Waals surface area contributed by atoms with Crippen LogP contribution in [0, 0.1) is 0 Å². The van der Waals surface area contributed by atoms with Crippen molar-refractivity contribution in [2.75, 3.05) is 23.6 Å². The number of rotatable bonds is 3. The lowest BCUT2D eigenvalue weighted by Gasteiger charge is -2.18. The second kappa shape index (κ2) is 6.37. The van der Waals surface area contributed by atoms with Gasteiger partial charge in [0.2, 0.25) is 6.79 Å². The van der Waals surface area contributed by atoms with Crippen molar-refractivity contribution in [3.63, 3.8) is 0 Å². The summed E-state index contributed by atoms with van der Waals surface area (Å²) in [5.74, 6) is 1.61. The van der Waals surface area contributed by atoms with E-state index in [1.54, 1.807) is 11.8 Å². The van der Waals surface area contributed by atoms with Crippen LogP contribution in [0.2, 0.25) is 0 Å². The number of benzene rings is 2. The van der Waals surface area contributed by atoms with Crippen LogP contribution in [0.15, 0.2) is 58.5 Å². The molecule has 0 fully saturated rings. The van der Waals surface area contributed by atoms with E-state index in [0.717, 1.165) is 39.3 Å². The number of ether oxygens (including phenoxy) is 2. The Kier molecular flexibility index (Phi) is 4.08. The summed E-state index contributed by atoms with van der Waals surface area (Å²) in [5.41, 5.74) is 2.13. The van der Waals surface area contributed by atoms with Crippen molar-refractivity contribution >= 4 is 40.3 Å². The van der Waals surface area contributed by atoms with Crippen LogP contribution in [0.5, 0.6) is 11.5 Å². The van der Waals surface area contributed by atoms with Crippen LogP contribution < -0.4 is 19.7 Å². The first-order chi connectivity index (χ1) is 11.7. The molecule has 0 radical (unpaired) electrons. The summed E-state index contributed by atoms with van der Waals surface area (Å²) in [6, 6.07) is 14.0. The van der Waals surface area contributed by atoms with E-state index in [0.29, 0.717) is 11.8 Å². The molecule has 0 aliphatic carbocycles. The first-order valence-electron chi connectivity index (χ1n) is 7.71. The highest BCUT2D eigenvalue weighted by Crippen LogP contribution is 2.51. The summed E-state index contributed by atoms with van der Waals surface area (Å²) in [4.78, 5) is 4.09. The van der Waals surface area contributed by atoms with Gasteiger partial charge in [0.15, 0.2) is 11.5 Å². The minimum absolute atomic E-state index is 0.294. The second-order valence-electron chi connectivity index (χ2n) is 5.36. The van der Waals surface area contributed by atoms with E-state index in [-0.39, 0.29) is 0 Å². The highest BCUT2D eigenvalue weighted by Gasteiger charge is 2.28. The number of hydrogen-bond acceptors (Lipinski definition) is 5. The normalized spacial score (nSPS) is 16.4. The van der Waals surface area contributed by atoms with Crippen molar-refractivity contribution < 1.29 is 9.47 Å². The van der Waals surface area contributed by atoms with E-state index in [9.17, 15) is 0 Å². The molecule has 4 rings (SSSR count). The monoisotopic (exact) mass is 356 g/mol. The minimum Gasteiger partial charge on any atom is -0.454 e. The molecule has 0 aromatic heterocycles. The van der Waals surface area contributed by atoms with E-state index in [1.807, 2.05) is 48.5 Å². The molecule has 0 unspecified atom stereocenters. The molecule has 2 aromatic rings. The fourth-order valence-electron chi connectivity index (χ4n) is 2.74. The van der Waals surface area contributed by atoms with Crippen molar-refractivity contribution in [1.29, 1.82) is 0 Å². The average molecular weight is 356 g/mol. The van der Waals surface area contributed by atoms with Crippen LogP contribution in [-0.4, -0.2) is 18.3 Å². The zero-order valence-corrected chi connectivity index (χ0v) is 14.7. The molecule has 24 heavy (non-hydrogen) atoms. The van der Waals surface area contributed by atoms with E-state index < -0.39 is 0 Å². The van der Waals surface area contributed by atoms with Crippen molar-refractivity contribution in [2.24, 2.45) is 0 Å². The van der Waals surface area contributed by atoms with Crippen LogP contribution in [0.3, 0.4) is 0 Å². The summed E-state index contributed by atoms with van der Waals surface area (Å²) < 4.78 is 11.0. The third kappa shape index (κ3) is 2.83. The molecule has 0 saturated heterocycles. The van der Waals surface area contributed by atoms with Gasteiger partial charge in [0.1, 0.15) is 4.99 Å². The molecule has 0 saturated carbocycles. The van der Waals surface area contributed by atoms with Gasteiger partial charge in [0.05, 0.1) is 10.7 Å². The van der Waals surface area contributed by atoms with Crippen LogP contribution in [0.25, 0.3) is 0 Å². The highest BCUT2D eigenvalue weighted by atomic mass is 32.2. The average Bonchev–Trinajstić information content (AvgIpc) is 3.16. The Labute approximate surface area is 150 Å². The third-order valence-corrected chi connectivity index (χ3v) is 5.15. The van der Waals surface area contributed by atoms with E-state index in [1.165, 1.54) is 0 Å². The van der Waals surface area contributed by atoms with Crippen LogP contribution >= 0.6 is 24.0 Å². The maximum atomic E-state index is 5.50. The number of para-hydroxylation sites is 1. The lowest BCUT2D eigenvalue weighted by Crippen LogP contribution is -2.18. The van der Waals surface area contributed by atoms with Crippen LogP contribution in [0.4, 0.5) is 11.4 Å². The zero-order valence-electron chi connectivity index (χ0n) is 13.1. The van der Waals surface area contributed by atoms with Crippen molar-refractivity contribution in [3.05, 3.63) is 53.6 Å². The third-order valence-electron chi connectivity index (χ3n) is 3.84. The molecule has 122 valence electrons. The van der Waals surface area contributed by atoms with Gasteiger partial charge in [0.25, 0.3) is 0 Å². The summed E-state index contributed by atoms with van der Waals surface area (Å²) in [6.07, 6.45) is 2.00. The first-order valence-corrected chi connectivity index (χ1v) is 8.94. The molecular formula is C18H16N2O2S2. The van der Waals surface area contributed by atoms with Gasteiger partial charge in [-0.05, 0) is 19.1 Å². The lowest BCUT2D eigenvalue weighted by molar-refractivity contribution is 0.174. The van der Waals surface area contributed by atoms with Crippen molar-refractivity contribution in [1.82, 2.24) is 0 Å². The number of anilines is 2. The molecular weight excluding hydrogens is 340 g/mol. The Morgan fingerprint density at radius 1 is 1.25 bits per heavy atom. The molecule has 0 bridgehead atoms. The topological polar surface area (TPSA) is 33.7 Å². The lowest BCUT2D eigenvalue weighted by atomic mass is 10.2. The summed E-state index contributed by atoms with van der Waals surface area (Å²) in [5, 5.41) is 4.35. The summed E-state index contributed by atoms with van der Waals surface area (Å²) in [7, 11) is 0. The fraction of sp³-hybridized carbons (Fsp3) is 0.167. The van der Waals surface area contributed by atoms with Gasteiger partial charge in [-0.15, -0.1) is 0 Å². The number of fused-ring (bicyclic) bond motifs is 2. The molecule has 2 aliphatic rings. The Bertz CT molecular complexity index is 821. The molecule has 2 heterocycles. The Morgan fingerprint density at radius 3 is 2.75 bits per heavy atom. The molecule has 0 amide bonds. The van der Waals surface area contributed by atoms with Gasteiger partial charge in [-0.2, -0.15) is 0 Å². The SMILES string of the molecule is CCN1/C(=C/C(=S)Nc2ccccc2)Sc2cc3c(cc21)OCO3. The van der Waals surface area contributed by atoms with Crippen molar-refractivity contribution in [3.8, 4) is 11.5 Å². The Hall–Kier alpha value is -2.18. The fourth-order valence-corrected chi connectivity index (χ4v) is 4.22. The summed E-state index contributed by atoms with van der Waals surface area (Å²) in [6.45, 7) is 3.28. The Morgan fingerprint density at radius 2 is 2.00 bits per heavy atom. The first kappa shape index (κ1) is 15.4. The van der Waals surface area contributed by atoms with Gasteiger partial charge >= 0.3 is 0 Å². The quantitative estimate of drug-likeness (QED) is 0.638. The molecule has 0 spiro atoms. The predicted molar refractivity (Wildman–Crippen MR) is 102 cm³/mol. The molecule has 0 atom stereocenters. The van der Waals surface area contributed by atoms with Gasteiger partial charge in [0, 0.05) is 35.3 Å². The van der Waals surface area contributed by atoms with Crippen molar-refractivity contribution in [2.45, 2.75) is 11.8 Å². The molecule has 4 nitrogen and oxygen atoms in total. The van der Waals surface area contributed by atoms with Gasteiger partial charge in [-0.1, -0.05) is 42.2 Å². The molecule has 2 aromatic carbocycles. The zero-order chi connectivity index (χ0) is 16.5. The standard InChI is InChI=1S/C18H16N2O2S2/c1-2-20-13-8-14-15(22-11-21-14)9-16(13)24-18(20)10-17(23)19-12-6-4-3-5-7-12/h3-10H,2,11H2,1H3,(H,19,23)/b18-10-. The highest BCUT2D eigenvalue weighted by molar-refractivity contribution is 8.03. The van der Waals surface area contributed by atoms with E-state index in [2.05, 4.69) is 17.1 Å². The molecule has 1 N–H and O–H groups in total. The number of nitrogens with zero attached hydrogens (tertiary/aromatic N) is 1. The number of thioether (sulfide) groups is 1. The maximum Gasteiger partial charge on any atom is 0.231 e. The molecule has 6 heteroatoms. The minimum atomic E-state index is 0.294. The van der Waals surface area contributed by atoms with Gasteiger partial charge in [-0.25, -0.2) is 0 Å². The van der Waals surface area contributed by atoms with Gasteiger partial charge in [-0.3, -0.25) is 0 Å². The predicted octanol–water partition coefficient (Wildman–Crippen LogP) is 4.63.